The van der Waals surface area contributed by atoms with Gasteiger partial charge in [0, 0.05) is 6.04 Å². The van der Waals surface area contributed by atoms with Crippen LogP contribution in [-0.2, 0) is 0 Å². The lowest BCUT2D eigenvalue weighted by atomic mass is 10.0. The monoisotopic (exact) mass is 207 g/mol. The van der Waals surface area contributed by atoms with Crippen molar-refractivity contribution in [1.29, 1.82) is 0 Å². The summed E-state index contributed by atoms with van der Waals surface area (Å²) >= 11 is 0. The number of hydrogen-bond donors (Lipinski definition) is 1. The van der Waals surface area contributed by atoms with Crippen molar-refractivity contribution in [3.63, 3.8) is 0 Å². The zero-order chi connectivity index (χ0) is 10.7. The summed E-state index contributed by atoms with van der Waals surface area (Å²) in [4.78, 5) is 0. The molecule has 0 bridgehead atoms. The fourth-order valence-corrected chi connectivity index (χ4v) is 2.04. The Labute approximate surface area is 90.4 Å². The van der Waals surface area contributed by atoms with Gasteiger partial charge in [0.1, 0.15) is 0 Å². The third-order valence-corrected chi connectivity index (χ3v) is 2.87. The third-order valence-electron chi connectivity index (χ3n) is 2.87. The summed E-state index contributed by atoms with van der Waals surface area (Å²) in [6.45, 7) is 1.11. The van der Waals surface area contributed by atoms with E-state index in [1.54, 1.807) is 14.2 Å². The molecule has 15 heavy (non-hydrogen) atoms. The summed E-state index contributed by atoms with van der Waals surface area (Å²) in [5.41, 5.74) is 1.28. The Balaban J connectivity index is 2.25. The molecule has 1 aromatic rings. The molecule has 1 N–H and O–H groups in total. The Hall–Kier alpha value is -1.22. The van der Waals surface area contributed by atoms with E-state index in [0.717, 1.165) is 18.0 Å². The van der Waals surface area contributed by atoms with E-state index in [-0.39, 0.29) is 0 Å². The van der Waals surface area contributed by atoms with E-state index in [0.29, 0.717) is 6.04 Å². The maximum Gasteiger partial charge on any atom is 0.161 e. The molecular formula is C12H17NO2. The van der Waals surface area contributed by atoms with Crippen LogP contribution < -0.4 is 14.8 Å². The van der Waals surface area contributed by atoms with Gasteiger partial charge in [-0.2, -0.15) is 0 Å². The van der Waals surface area contributed by atoms with Crippen LogP contribution in [0.5, 0.6) is 11.5 Å². The maximum atomic E-state index is 5.28. The summed E-state index contributed by atoms with van der Waals surface area (Å²) in [5, 5.41) is 3.47. The molecule has 1 aliphatic heterocycles. The lowest BCUT2D eigenvalue weighted by Gasteiger charge is -2.14. The van der Waals surface area contributed by atoms with Crippen molar-refractivity contribution < 1.29 is 9.47 Å². The van der Waals surface area contributed by atoms with Gasteiger partial charge in [-0.15, -0.1) is 0 Å². The summed E-state index contributed by atoms with van der Waals surface area (Å²) in [6.07, 6.45) is 2.45. The van der Waals surface area contributed by atoms with Crippen LogP contribution in [0.15, 0.2) is 18.2 Å². The van der Waals surface area contributed by atoms with Crippen molar-refractivity contribution in [3.05, 3.63) is 23.8 Å². The average molecular weight is 207 g/mol. The van der Waals surface area contributed by atoms with Crippen LogP contribution in [0.2, 0.25) is 0 Å². The molecule has 0 amide bonds. The van der Waals surface area contributed by atoms with E-state index in [1.807, 2.05) is 6.07 Å². The minimum Gasteiger partial charge on any atom is -0.493 e. The predicted molar refractivity (Wildman–Crippen MR) is 59.5 cm³/mol. The molecule has 1 aliphatic rings. The molecular weight excluding hydrogens is 190 g/mol. The highest BCUT2D eigenvalue weighted by Crippen LogP contribution is 2.32. The zero-order valence-corrected chi connectivity index (χ0v) is 9.25. The van der Waals surface area contributed by atoms with Crippen LogP contribution in [-0.4, -0.2) is 20.8 Å². The Bertz CT molecular complexity index is 332. The molecule has 0 saturated carbocycles. The minimum atomic E-state index is 0.477. The van der Waals surface area contributed by atoms with Gasteiger partial charge in [0.2, 0.25) is 0 Å². The van der Waals surface area contributed by atoms with Crippen LogP contribution in [0, 0.1) is 0 Å². The van der Waals surface area contributed by atoms with Crippen molar-refractivity contribution in [2.24, 2.45) is 0 Å². The highest BCUT2D eigenvalue weighted by atomic mass is 16.5. The molecule has 1 saturated heterocycles. The Morgan fingerprint density at radius 2 is 2.00 bits per heavy atom. The largest absolute Gasteiger partial charge is 0.493 e. The van der Waals surface area contributed by atoms with Gasteiger partial charge in [0.15, 0.2) is 11.5 Å². The van der Waals surface area contributed by atoms with Gasteiger partial charge in [-0.25, -0.2) is 0 Å². The molecule has 1 atom stereocenters. The van der Waals surface area contributed by atoms with E-state index in [4.69, 9.17) is 9.47 Å². The molecule has 0 radical (unpaired) electrons. The first-order valence-corrected chi connectivity index (χ1v) is 5.30. The second-order valence-corrected chi connectivity index (χ2v) is 3.76. The van der Waals surface area contributed by atoms with Gasteiger partial charge in [-0.05, 0) is 37.1 Å². The number of nitrogens with one attached hydrogen (secondary N) is 1. The van der Waals surface area contributed by atoms with Gasteiger partial charge in [0.25, 0.3) is 0 Å². The van der Waals surface area contributed by atoms with E-state index in [2.05, 4.69) is 17.4 Å². The Kier molecular flexibility index (Phi) is 3.11. The smallest absolute Gasteiger partial charge is 0.161 e. The lowest BCUT2D eigenvalue weighted by molar-refractivity contribution is 0.354. The van der Waals surface area contributed by atoms with Crippen LogP contribution in [0.25, 0.3) is 0 Å². The Morgan fingerprint density at radius 3 is 2.60 bits per heavy atom. The SMILES string of the molecule is COc1ccc([C@H]2CCCN2)cc1OC. The molecule has 3 nitrogen and oxygen atoms in total. The first-order chi connectivity index (χ1) is 7.35. The molecule has 0 spiro atoms. The molecule has 1 heterocycles. The van der Waals surface area contributed by atoms with Crippen LogP contribution in [0.1, 0.15) is 24.4 Å². The number of ether oxygens (including phenoxy) is 2. The molecule has 2 rings (SSSR count). The van der Waals surface area contributed by atoms with E-state index in [9.17, 15) is 0 Å². The van der Waals surface area contributed by atoms with Crippen LogP contribution in [0.3, 0.4) is 0 Å². The van der Waals surface area contributed by atoms with Crippen molar-refractivity contribution in [1.82, 2.24) is 5.32 Å². The summed E-state index contributed by atoms with van der Waals surface area (Å²) in [5.74, 6) is 1.60. The maximum absolute atomic E-state index is 5.28. The van der Waals surface area contributed by atoms with Gasteiger partial charge in [-0.3, -0.25) is 0 Å². The van der Waals surface area contributed by atoms with Crippen molar-refractivity contribution in [2.45, 2.75) is 18.9 Å². The molecule has 82 valence electrons. The van der Waals surface area contributed by atoms with Crippen molar-refractivity contribution >= 4 is 0 Å². The number of hydrogen-bond acceptors (Lipinski definition) is 3. The second-order valence-electron chi connectivity index (χ2n) is 3.76. The van der Waals surface area contributed by atoms with Crippen LogP contribution in [0.4, 0.5) is 0 Å². The highest BCUT2D eigenvalue weighted by molar-refractivity contribution is 5.43. The molecule has 3 heteroatoms. The highest BCUT2D eigenvalue weighted by Gasteiger charge is 2.17. The van der Waals surface area contributed by atoms with Gasteiger partial charge < -0.3 is 14.8 Å². The second kappa shape index (κ2) is 4.53. The molecule has 0 aromatic heterocycles. The average Bonchev–Trinajstić information content (AvgIpc) is 2.81. The normalized spacial score (nSPS) is 20.3. The quantitative estimate of drug-likeness (QED) is 0.823. The predicted octanol–water partition coefficient (Wildman–Crippen LogP) is 2.13. The standard InChI is InChI=1S/C12H17NO2/c1-14-11-6-5-9(8-12(11)15-2)10-4-3-7-13-10/h5-6,8,10,13H,3-4,7H2,1-2H3/t10-/m1/s1. The zero-order valence-electron chi connectivity index (χ0n) is 9.25. The summed E-state index contributed by atoms with van der Waals surface area (Å²) in [7, 11) is 3.33. The molecule has 0 aliphatic carbocycles. The summed E-state index contributed by atoms with van der Waals surface area (Å²) < 4.78 is 10.5. The Morgan fingerprint density at radius 1 is 1.20 bits per heavy atom. The number of rotatable bonds is 3. The number of methoxy groups -OCH3 is 2. The van der Waals surface area contributed by atoms with Crippen molar-refractivity contribution in [2.75, 3.05) is 20.8 Å². The van der Waals surface area contributed by atoms with Gasteiger partial charge in [-0.1, -0.05) is 6.07 Å². The molecule has 1 fully saturated rings. The summed E-state index contributed by atoms with van der Waals surface area (Å²) in [6, 6.07) is 6.60. The van der Waals surface area contributed by atoms with Crippen LogP contribution >= 0.6 is 0 Å². The fourth-order valence-electron chi connectivity index (χ4n) is 2.04. The lowest BCUT2D eigenvalue weighted by Crippen LogP contribution is -2.12. The first kappa shape index (κ1) is 10.3. The first-order valence-electron chi connectivity index (χ1n) is 5.30. The minimum absolute atomic E-state index is 0.477. The van der Waals surface area contributed by atoms with E-state index < -0.39 is 0 Å². The van der Waals surface area contributed by atoms with E-state index in [1.165, 1.54) is 18.4 Å². The third kappa shape index (κ3) is 2.07. The fraction of sp³-hybridized carbons (Fsp3) is 0.500. The van der Waals surface area contributed by atoms with E-state index >= 15 is 0 Å². The van der Waals surface area contributed by atoms with Gasteiger partial charge in [0.05, 0.1) is 14.2 Å². The topological polar surface area (TPSA) is 30.5 Å². The number of benzene rings is 1. The van der Waals surface area contributed by atoms with Gasteiger partial charge >= 0.3 is 0 Å². The molecule has 0 unspecified atom stereocenters. The molecule has 1 aromatic carbocycles. The van der Waals surface area contributed by atoms with Crippen molar-refractivity contribution in [3.8, 4) is 11.5 Å².